The average molecular weight is 551 g/mol. The van der Waals surface area contributed by atoms with Crippen LogP contribution in [0.25, 0.3) is 55.7 Å². The third-order valence-corrected chi connectivity index (χ3v) is 6.72. The minimum Gasteiger partial charge on any atom is -0.492 e. The summed E-state index contributed by atoms with van der Waals surface area (Å²) in [6.07, 6.45) is 7.16. The molecule has 1 aromatic carbocycles. The van der Waals surface area contributed by atoms with Gasteiger partial charge in [0.25, 0.3) is 0 Å². The van der Waals surface area contributed by atoms with E-state index in [0.717, 1.165) is 51.1 Å². The Kier molecular flexibility index (Phi) is 7.07. The van der Waals surface area contributed by atoms with Crippen molar-refractivity contribution < 1.29 is 9.13 Å². The van der Waals surface area contributed by atoms with E-state index in [0.29, 0.717) is 35.3 Å². The van der Waals surface area contributed by atoms with Crippen molar-refractivity contribution in [3.05, 3.63) is 73.1 Å². The first-order chi connectivity index (χ1) is 19.8. The van der Waals surface area contributed by atoms with E-state index < -0.39 is 0 Å². The van der Waals surface area contributed by atoms with Crippen LogP contribution in [-0.2, 0) is 0 Å². The lowest BCUT2D eigenvalue weighted by molar-refractivity contribution is 0.260. The number of fused-ring (bicyclic) bond motifs is 2. The van der Waals surface area contributed by atoms with Crippen LogP contribution in [0.15, 0.2) is 67.3 Å². The molecule has 10 heteroatoms. The molecule has 0 aliphatic heterocycles. The monoisotopic (exact) mass is 550 g/mol. The van der Waals surface area contributed by atoms with Crippen LogP contribution in [0.3, 0.4) is 0 Å². The smallest absolute Gasteiger partial charge is 0.155 e. The number of hydrogen-bond donors (Lipinski definition) is 3. The number of likely N-dealkylation sites (N-methyl/N-ethyl adjacent to an activating group) is 1. The summed E-state index contributed by atoms with van der Waals surface area (Å²) in [4.78, 5) is 19.0. The van der Waals surface area contributed by atoms with Gasteiger partial charge in [0.05, 0.1) is 11.4 Å². The van der Waals surface area contributed by atoms with E-state index in [-0.39, 0.29) is 5.82 Å². The van der Waals surface area contributed by atoms with Crippen LogP contribution in [0.4, 0.5) is 10.1 Å². The van der Waals surface area contributed by atoms with E-state index in [9.17, 15) is 4.39 Å². The van der Waals surface area contributed by atoms with Gasteiger partial charge in [-0.05, 0) is 75.5 Å². The topological polar surface area (TPSA) is 108 Å². The highest BCUT2D eigenvalue weighted by Crippen LogP contribution is 2.35. The molecule has 0 fully saturated rings. The van der Waals surface area contributed by atoms with Gasteiger partial charge >= 0.3 is 0 Å². The molecule has 0 atom stereocenters. The zero-order chi connectivity index (χ0) is 28.5. The maximum atomic E-state index is 14.6. The number of nitrogens with zero attached hydrogens (tertiary/aromatic N) is 5. The first kappa shape index (κ1) is 26.4. The Hall–Kier alpha value is -4.83. The highest BCUT2D eigenvalue weighted by molar-refractivity contribution is 6.00. The summed E-state index contributed by atoms with van der Waals surface area (Å²) in [5, 5.41) is 12.7. The fourth-order valence-corrected chi connectivity index (χ4v) is 4.83. The summed E-state index contributed by atoms with van der Waals surface area (Å²) in [6, 6.07) is 13.1. The van der Waals surface area contributed by atoms with Gasteiger partial charge in [0.1, 0.15) is 29.5 Å². The van der Waals surface area contributed by atoms with Crippen LogP contribution < -0.4 is 10.1 Å². The van der Waals surface area contributed by atoms with Crippen molar-refractivity contribution in [2.24, 2.45) is 0 Å². The summed E-state index contributed by atoms with van der Waals surface area (Å²) in [6.45, 7) is 5.38. The molecule has 0 spiro atoms. The Morgan fingerprint density at radius 2 is 1.78 bits per heavy atom. The first-order valence-electron chi connectivity index (χ1n) is 13.5. The third kappa shape index (κ3) is 5.59. The van der Waals surface area contributed by atoms with Gasteiger partial charge in [-0.25, -0.2) is 14.4 Å². The lowest BCUT2D eigenvalue weighted by Gasteiger charge is -2.12. The number of rotatable bonds is 9. The maximum Gasteiger partial charge on any atom is 0.155 e. The number of benzene rings is 1. The zero-order valence-electron chi connectivity index (χ0n) is 23.4. The number of aromatic nitrogens is 6. The van der Waals surface area contributed by atoms with Crippen LogP contribution in [-0.4, -0.2) is 68.3 Å². The molecule has 0 amide bonds. The van der Waals surface area contributed by atoms with Crippen molar-refractivity contribution in [1.29, 1.82) is 0 Å². The number of H-pyrrole nitrogens is 2. The Labute approximate surface area is 236 Å². The molecule has 0 radical (unpaired) electrons. The molecule has 0 saturated carbocycles. The molecule has 0 aliphatic carbocycles. The van der Waals surface area contributed by atoms with E-state index in [1.165, 1.54) is 12.1 Å². The molecule has 6 rings (SSSR count). The third-order valence-electron chi connectivity index (χ3n) is 6.72. The minimum atomic E-state index is -0.359. The van der Waals surface area contributed by atoms with Crippen molar-refractivity contribution in [3.8, 4) is 39.4 Å². The van der Waals surface area contributed by atoms with Crippen LogP contribution in [0, 0.1) is 5.82 Å². The van der Waals surface area contributed by atoms with E-state index >= 15 is 0 Å². The minimum absolute atomic E-state index is 0.295. The molecule has 0 saturated heterocycles. The zero-order valence-corrected chi connectivity index (χ0v) is 23.4. The molecule has 6 aromatic rings. The predicted octanol–water partition coefficient (Wildman–Crippen LogP) is 6.13. The summed E-state index contributed by atoms with van der Waals surface area (Å²) in [5.41, 5.74) is 7.21. The first-order valence-corrected chi connectivity index (χ1v) is 13.5. The average Bonchev–Trinajstić information content (AvgIpc) is 3.56. The number of aromatic amines is 2. The second kappa shape index (κ2) is 11.0. The molecule has 5 aromatic heterocycles. The second-order valence-corrected chi connectivity index (χ2v) is 10.6. The van der Waals surface area contributed by atoms with Crippen molar-refractivity contribution in [3.63, 3.8) is 0 Å². The van der Waals surface area contributed by atoms with Crippen molar-refractivity contribution in [2.75, 3.05) is 32.6 Å². The van der Waals surface area contributed by atoms with Crippen molar-refractivity contribution >= 4 is 27.8 Å². The standard InChI is InChI=1S/C31H31FN8O/c1-18(2)36-23-10-20(15-33-17-23)21-12-27-29(38-39-31(27)35-16-21)28-14-26-25(5-6-34-30(26)37-28)19-9-22(32)13-24(11-19)41-8-7-40(3)4/h5-6,9-18,36H,7-8H2,1-4H3,(H,34,37)(H,35,38,39). The van der Waals surface area contributed by atoms with Crippen LogP contribution in [0.1, 0.15) is 13.8 Å². The van der Waals surface area contributed by atoms with Gasteiger partial charge in [0.15, 0.2) is 5.65 Å². The predicted molar refractivity (Wildman–Crippen MR) is 160 cm³/mol. The second-order valence-electron chi connectivity index (χ2n) is 10.6. The molecular formula is C31H31FN8O. The van der Waals surface area contributed by atoms with Crippen LogP contribution in [0.2, 0.25) is 0 Å². The van der Waals surface area contributed by atoms with Crippen LogP contribution in [0.5, 0.6) is 5.75 Å². The number of ether oxygens (including phenoxy) is 1. The fraction of sp³-hybridized carbons (Fsp3) is 0.226. The normalized spacial score (nSPS) is 11.7. The van der Waals surface area contributed by atoms with Gasteiger partial charge in [-0.2, -0.15) is 5.10 Å². The molecule has 0 unspecified atom stereocenters. The Balaban J connectivity index is 1.37. The molecule has 0 aliphatic rings. The summed E-state index contributed by atoms with van der Waals surface area (Å²) >= 11 is 0. The summed E-state index contributed by atoms with van der Waals surface area (Å²) in [7, 11) is 3.94. The number of halogens is 1. The number of nitrogens with one attached hydrogen (secondary N) is 3. The van der Waals surface area contributed by atoms with Gasteiger partial charge < -0.3 is 19.9 Å². The molecule has 3 N–H and O–H groups in total. The highest BCUT2D eigenvalue weighted by atomic mass is 19.1. The Morgan fingerprint density at radius 3 is 2.61 bits per heavy atom. The summed E-state index contributed by atoms with van der Waals surface area (Å²) < 4.78 is 20.4. The van der Waals surface area contributed by atoms with E-state index in [1.54, 1.807) is 6.20 Å². The number of anilines is 1. The molecule has 208 valence electrons. The molecule has 0 bridgehead atoms. The van der Waals surface area contributed by atoms with Gasteiger partial charge in [-0.1, -0.05) is 0 Å². The number of hydrogen-bond acceptors (Lipinski definition) is 7. The Bertz CT molecular complexity index is 1840. The number of pyridine rings is 3. The SMILES string of the molecule is CC(C)Nc1cncc(-c2cnc3[nH]nc(-c4cc5c(-c6cc(F)cc(OCCN(C)C)c6)ccnc5[nH]4)c3c2)c1. The largest absolute Gasteiger partial charge is 0.492 e. The molecule has 5 heterocycles. The molecule has 41 heavy (non-hydrogen) atoms. The van der Waals surface area contributed by atoms with E-state index in [2.05, 4.69) is 61.4 Å². The molecular weight excluding hydrogens is 519 g/mol. The summed E-state index contributed by atoms with van der Waals surface area (Å²) in [5.74, 6) is 0.128. The Morgan fingerprint density at radius 1 is 0.927 bits per heavy atom. The van der Waals surface area contributed by atoms with E-state index in [1.807, 2.05) is 55.8 Å². The lowest BCUT2D eigenvalue weighted by Crippen LogP contribution is -2.19. The van der Waals surface area contributed by atoms with E-state index in [4.69, 9.17) is 4.74 Å². The highest BCUT2D eigenvalue weighted by Gasteiger charge is 2.16. The maximum absolute atomic E-state index is 14.6. The van der Waals surface area contributed by atoms with Crippen LogP contribution >= 0.6 is 0 Å². The molecule has 9 nitrogen and oxygen atoms in total. The van der Waals surface area contributed by atoms with Gasteiger partial charge in [-0.15, -0.1) is 0 Å². The van der Waals surface area contributed by atoms with Crippen molar-refractivity contribution in [2.45, 2.75) is 19.9 Å². The van der Waals surface area contributed by atoms with Crippen molar-refractivity contribution in [1.82, 2.24) is 35.0 Å². The van der Waals surface area contributed by atoms with Gasteiger partial charge in [0.2, 0.25) is 0 Å². The fourth-order valence-electron chi connectivity index (χ4n) is 4.83. The van der Waals surface area contributed by atoms with Gasteiger partial charge in [-0.3, -0.25) is 10.1 Å². The lowest BCUT2D eigenvalue weighted by atomic mass is 10.0. The van der Waals surface area contributed by atoms with Gasteiger partial charge in [0, 0.05) is 65.3 Å². The quantitative estimate of drug-likeness (QED) is 0.199.